The predicted octanol–water partition coefficient (Wildman–Crippen LogP) is 3.36. The molecule has 1 aliphatic rings. The summed E-state index contributed by atoms with van der Waals surface area (Å²) in [4.78, 5) is 22.3. The number of hydrogen-bond donors (Lipinski definition) is 1. The number of aromatic amines is 1. The van der Waals surface area contributed by atoms with Crippen LogP contribution < -0.4 is 0 Å². The van der Waals surface area contributed by atoms with Crippen LogP contribution in [0.15, 0.2) is 30.3 Å². The molecule has 1 fully saturated rings. The van der Waals surface area contributed by atoms with Gasteiger partial charge in [-0.05, 0) is 12.8 Å². The third-order valence-corrected chi connectivity index (χ3v) is 4.14. The maximum absolute atomic E-state index is 12.1. The zero-order chi connectivity index (χ0) is 15.7. The minimum atomic E-state index is 0.183. The first kappa shape index (κ1) is 14.8. The molecule has 0 unspecified atom stereocenters. The van der Waals surface area contributed by atoms with E-state index in [0.29, 0.717) is 12.3 Å². The lowest BCUT2D eigenvalue weighted by Gasteiger charge is -2.18. The molecule has 0 aliphatic carbocycles. The van der Waals surface area contributed by atoms with Gasteiger partial charge in [0.2, 0.25) is 5.91 Å². The van der Waals surface area contributed by atoms with Crippen molar-refractivity contribution in [3.05, 3.63) is 41.9 Å². The number of carbonyl (C=O) groups excluding carboxylic acids is 1. The number of amides is 1. The number of nitrogens with zero attached hydrogens (tertiary/aromatic N) is 2. The van der Waals surface area contributed by atoms with E-state index in [1.165, 1.54) is 0 Å². The molecule has 1 aromatic carbocycles. The standard InChI is InChI=1S/C18H23N3O/c1-12(2)10-21-11-15(9-16(21)22)18-19-13(3)17(20-18)14-7-5-4-6-8-14/h4-8,12,15H,9-11H2,1-3H3,(H,19,20)/t15-/m1/s1. The third-order valence-electron chi connectivity index (χ3n) is 4.14. The van der Waals surface area contributed by atoms with E-state index in [4.69, 9.17) is 4.98 Å². The smallest absolute Gasteiger partial charge is 0.223 e. The Bertz CT molecular complexity index is 660. The normalized spacial score (nSPS) is 18.5. The number of H-pyrrole nitrogens is 1. The van der Waals surface area contributed by atoms with Crippen molar-refractivity contribution in [2.45, 2.75) is 33.1 Å². The molecule has 116 valence electrons. The van der Waals surface area contributed by atoms with E-state index in [9.17, 15) is 4.79 Å². The van der Waals surface area contributed by atoms with Gasteiger partial charge in [0.15, 0.2) is 0 Å². The molecular weight excluding hydrogens is 274 g/mol. The largest absolute Gasteiger partial charge is 0.345 e. The second-order valence-corrected chi connectivity index (χ2v) is 6.56. The Kier molecular flexibility index (Phi) is 4.01. The lowest BCUT2D eigenvalue weighted by atomic mass is 10.1. The van der Waals surface area contributed by atoms with Gasteiger partial charge in [0, 0.05) is 36.7 Å². The number of hydrogen-bond acceptors (Lipinski definition) is 2. The maximum Gasteiger partial charge on any atom is 0.223 e. The monoisotopic (exact) mass is 297 g/mol. The van der Waals surface area contributed by atoms with E-state index >= 15 is 0 Å². The first-order valence-electron chi connectivity index (χ1n) is 7.94. The average Bonchev–Trinajstić information content (AvgIpc) is 3.03. The number of imidazole rings is 1. The molecule has 1 aromatic heterocycles. The average molecular weight is 297 g/mol. The van der Waals surface area contributed by atoms with E-state index < -0.39 is 0 Å². The van der Waals surface area contributed by atoms with E-state index in [2.05, 4.69) is 31.0 Å². The summed E-state index contributed by atoms with van der Waals surface area (Å²) in [6.45, 7) is 7.94. The summed E-state index contributed by atoms with van der Waals surface area (Å²) in [5.41, 5.74) is 3.17. The van der Waals surface area contributed by atoms with Crippen molar-refractivity contribution >= 4 is 5.91 Å². The molecule has 1 saturated heterocycles. The van der Waals surface area contributed by atoms with E-state index in [0.717, 1.165) is 35.9 Å². The van der Waals surface area contributed by atoms with Crippen LogP contribution in [-0.2, 0) is 4.79 Å². The number of rotatable bonds is 4. The number of aromatic nitrogens is 2. The van der Waals surface area contributed by atoms with Gasteiger partial charge in [0.05, 0.1) is 5.69 Å². The first-order valence-corrected chi connectivity index (χ1v) is 7.94. The fourth-order valence-electron chi connectivity index (χ4n) is 3.13. The highest BCUT2D eigenvalue weighted by atomic mass is 16.2. The predicted molar refractivity (Wildman–Crippen MR) is 87.5 cm³/mol. The van der Waals surface area contributed by atoms with Crippen LogP contribution in [0.1, 0.15) is 37.7 Å². The molecule has 0 spiro atoms. The molecule has 1 amide bonds. The van der Waals surface area contributed by atoms with Gasteiger partial charge in [-0.3, -0.25) is 4.79 Å². The molecule has 4 nitrogen and oxygen atoms in total. The Labute approximate surface area is 131 Å². The van der Waals surface area contributed by atoms with Crippen LogP contribution in [0.2, 0.25) is 0 Å². The van der Waals surface area contributed by atoms with Gasteiger partial charge in [0.25, 0.3) is 0 Å². The van der Waals surface area contributed by atoms with Gasteiger partial charge in [-0.1, -0.05) is 44.2 Å². The van der Waals surface area contributed by atoms with Crippen molar-refractivity contribution in [3.63, 3.8) is 0 Å². The summed E-state index contributed by atoms with van der Waals surface area (Å²) in [5, 5.41) is 0. The number of carbonyl (C=O) groups is 1. The highest BCUT2D eigenvalue weighted by Gasteiger charge is 2.32. The van der Waals surface area contributed by atoms with Crippen LogP contribution in [0, 0.1) is 12.8 Å². The summed E-state index contributed by atoms with van der Waals surface area (Å²) >= 11 is 0. The minimum absolute atomic E-state index is 0.183. The molecule has 1 N–H and O–H groups in total. The van der Waals surface area contributed by atoms with Gasteiger partial charge >= 0.3 is 0 Å². The topological polar surface area (TPSA) is 49.0 Å². The molecule has 0 saturated carbocycles. The van der Waals surface area contributed by atoms with Crippen molar-refractivity contribution in [3.8, 4) is 11.3 Å². The highest BCUT2D eigenvalue weighted by molar-refractivity contribution is 5.79. The molecule has 1 aliphatic heterocycles. The SMILES string of the molecule is Cc1[nH]c([C@@H]2CC(=O)N(CC(C)C)C2)nc1-c1ccccc1. The van der Waals surface area contributed by atoms with Gasteiger partial charge in [-0.2, -0.15) is 0 Å². The van der Waals surface area contributed by atoms with Crippen LogP contribution in [-0.4, -0.2) is 33.9 Å². The number of aryl methyl sites for hydroxylation is 1. The van der Waals surface area contributed by atoms with E-state index in [1.807, 2.05) is 30.0 Å². The molecule has 2 aromatic rings. The van der Waals surface area contributed by atoms with Crippen molar-refractivity contribution in [1.82, 2.24) is 14.9 Å². The quantitative estimate of drug-likeness (QED) is 0.940. The zero-order valence-electron chi connectivity index (χ0n) is 13.5. The Hall–Kier alpha value is -2.10. The number of benzene rings is 1. The Morgan fingerprint density at radius 3 is 2.73 bits per heavy atom. The van der Waals surface area contributed by atoms with E-state index in [-0.39, 0.29) is 11.8 Å². The fourth-order valence-corrected chi connectivity index (χ4v) is 3.13. The summed E-state index contributed by atoms with van der Waals surface area (Å²) < 4.78 is 0. The minimum Gasteiger partial charge on any atom is -0.345 e. The molecular formula is C18H23N3O. The van der Waals surface area contributed by atoms with Gasteiger partial charge < -0.3 is 9.88 Å². The summed E-state index contributed by atoms with van der Waals surface area (Å²) in [5.74, 6) is 1.87. The first-order chi connectivity index (χ1) is 10.5. The molecule has 3 rings (SSSR count). The molecule has 2 heterocycles. The molecule has 4 heteroatoms. The molecule has 0 radical (unpaired) electrons. The van der Waals surface area contributed by atoms with Crippen molar-refractivity contribution < 1.29 is 4.79 Å². The van der Waals surface area contributed by atoms with Crippen molar-refractivity contribution in [1.29, 1.82) is 0 Å². The van der Waals surface area contributed by atoms with Crippen molar-refractivity contribution in [2.24, 2.45) is 5.92 Å². The summed E-state index contributed by atoms with van der Waals surface area (Å²) in [7, 11) is 0. The zero-order valence-corrected chi connectivity index (χ0v) is 13.5. The lowest BCUT2D eigenvalue weighted by molar-refractivity contribution is -0.128. The summed E-state index contributed by atoms with van der Waals surface area (Å²) in [6.07, 6.45) is 0.563. The number of likely N-dealkylation sites (tertiary alicyclic amines) is 1. The van der Waals surface area contributed by atoms with Crippen LogP contribution >= 0.6 is 0 Å². The fraction of sp³-hybridized carbons (Fsp3) is 0.444. The van der Waals surface area contributed by atoms with Crippen LogP contribution in [0.25, 0.3) is 11.3 Å². The van der Waals surface area contributed by atoms with Gasteiger partial charge in [-0.25, -0.2) is 4.98 Å². The second kappa shape index (κ2) is 5.95. The van der Waals surface area contributed by atoms with Gasteiger partial charge in [0.1, 0.15) is 5.82 Å². The van der Waals surface area contributed by atoms with Crippen LogP contribution in [0.4, 0.5) is 0 Å². The maximum atomic E-state index is 12.1. The van der Waals surface area contributed by atoms with Crippen molar-refractivity contribution in [2.75, 3.05) is 13.1 Å². The molecule has 0 bridgehead atoms. The van der Waals surface area contributed by atoms with Gasteiger partial charge in [-0.15, -0.1) is 0 Å². The Balaban J connectivity index is 1.81. The Morgan fingerprint density at radius 1 is 1.32 bits per heavy atom. The highest BCUT2D eigenvalue weighted by Crippen LogP contribution is 2.30. The van der Waals surface area contributed by atoms with E-state index in [1.54, 1.807) is 0 Å². The van der Waals surface area contributed by atoms with Crippen LogP contribution in [0.5, 0.6) is 0 Å². The Morgan fingerprint density at radius 2 is 2.05 bits per heavy atom. The molecule has 22 heavy (non-hydrogen) atoms. The lowest BCUT2D eigenvalue weighted by Crippen LogP contribution is -2.29. The molecule has 1 atom stereocenters. The van der Waals surface area contributed by atoms with Crippen LogP contribution in [0.3, 0.4) is 0 Å². The third kappa shape index (κ3) is 2.91. The second-order valence-electron chi connectivity index (χ2n) is 6.56. The summed E-state index contributed by atoms with van der Waals surface area (Å²) in [6, 6.07) is 10.2. The number of nitrogens with one attached hydrogen (secondary N) is 1.